The van der Waals surface area contributed by atoms with Crippen molar-refractivity contribution in [1.82, 2.24) is 0 Å². The standard InChI is InChI=1S/C23H21ClN2O5S/c1-2-30-20-11-7-6-10-18(20)25-23(27)22-15-26(19-14-16(24)12-13-21(19)31-22)32(28,29)17-8-4-3-5-9-17/h3-14,22H,2,15H2,1H3,(H,25,27). The summed E-state index contributed by atoms with van der Waals surface area (Å²) < 4.78 is 39.4. The van der Waals surface area contributed by atoms with Gasteiger partial charge in [-0.3, -0.25) is 9.10 Å². The number of nitrogens with zero attached hydrogens (tertiary/aromatic N) is 1. The van der Waals surface area contributed by atoms with Gasteiger partial charge in [-0.2, -0.15) is 0 Å². The Labute approximate surface area is 191 Å². The quantitative estimate of drug-likeness (QED) is 0.577. The number of carbonyl (C=O) groups excluding carboxylic acids is 1. The first-order valence-electron chi connectivity index (χ1n) is 9.97. The van der Waals surface area contributed by atoms with Gasteiger partial charge in [-0.1, -0.05) is 41.9 Å². The van der Waals surface area contributed by atoms with E-state index in [9.17, 15) is 13.2 Å². The van der Waals surface area contributed by atoms with E-state index in [0.717, 1.165) is 4.31 Å². The Morgan fingerprint density at radius 1 is 1.12 bits per heavy atom. The molecule has 0 saturated carbocycles. The smallest absolute Gasteiger partial charge is 0.267 e. The first kappa shape index (κ1) is 22.0. The molecule has 1 aliphatic heterocycles. The summed E-state index contributed by atoms with van der Waals surface area (Å²) in [5, 5.41) is 3.14. The van der Waals surface area contributed by atoms with Crippen molar-refractivity contribution in [3.63, 3.8) is 0 Å². The highest BCUT2D eigenvalue weighted by Crippen LogP contribution is 2.39. The Morgan fingerprint density at radius 2 is 1.84 bits per heavy atom. The minimum Gasteiger partial charge on any atom is -0.492 e. The lowest BCUT2D eigenvalue weighted by Gasteiger charge is -2.35. The molecular formula is C23H21ClN2O5S. The summed E-state index contributed by atoms with van der Waals surface area (Å²) >= 11 is 6.12. The van der Waals surface area contributed by atoms with Crippen LogP contribution >= 0.6 is 11.6 Å². The van der Waals surface area contributed by atoms with Crippen LogP contribution < -0.4 is 19.1 Å². The van der Waals surface area contributed by atoms with Crippen LogP contribution in [0.15, 0.2) is 77.7 Å². The van der Waals surface area contributed by atoms with E-state index in [2.05, 4.69) is 5.32 Å². The number of halogens is 1. The zero-order valence-corrected chi connectivity index (χ0v) is 18.8. The summed E-state index contributed by atoms with van der Waals surface area (Å²) in [5.74, 6) is 0.268. The van der Waals surface area contributed by atoms with Crippen LogP contribution in [0.2, 0.25) is 5.02 Å². The number of para-hydroxylation sites is 2. The number of hydrogen-bond acceptors (Lipinski definition) is 5. The van der Waals surface area contributed by atoms with Crippen molar-refractivity contribution in [2.45, 2.75) is 17.9 Å². The van der Waals surface area contributed by atoms with Crippen LogP contribution in [0.25, 0.3) is 0 Å². The molecule has 7 nitrogen and oxygen atoms in total. The number of benzene rings is 3. The molecule has 1 atom stereocenters. The Balaban J connectivity index is 1.68. The van der Waals surface area contributed by atoms with Crippen molar-refractivity contribution in [3.05, 3.63) is 77.8 Å². The van der Waals surface area contributed by atoms with Crippen LogP contribution in [0.1, 0.15) is 6.92 Å². The number of nitrogens with one attached hydrogen (secondary N) is 1. The second-order valence-corrected chi connectivity index (χ2v) is 9.28. The summed E-state index contributed by atoms with van der Waals surface area (Å²) in [6, 6.07) is 19.7. The molecule has 32 heavy (non-hydrogen) atoms. The monoisotopic (exact) mass is 472 g/mol. The molecule has 1 aliphatic rings. The Bertz CT molecular complexity index is 1230. The number of carbonyl (C=O) groups is 1. The Morgan fingerprint density at radius 3 is 2.59 bits per heavy atom. The third-order valence-electron chi connectivity index (χ3n) is 4.86. The molecule has 1 amide bonds. The number of sulfonamides is 1. The maximum absolute atomic E-state index is 13.4. The summed E-state index contributed by atoms with van der Waals surface area (Å²) in [6.45, 7) is 2.06. The number of rotatable bonds is 6. The first-order chi connectivity index (χ1) is 15.4. The van der Waals surface area contributed by atoms with Crippen molar-refractivity contribution in [2.75, 3.05) is 22.8 Å². The van der Waals surface area contributed by atoms with Gasteiger partial charge in [0, 0.05) is 5.02 Å². The molecule has 166 valence electrons. The average molecular weight is 473 g/mol. The topological polar surface area (TPSA) is 84.9 Å². The van der Waals surface area contributed by atoms with Crippen molar-refractivity contribution < 1.29 is 22.7 Å². The number of anilines is 2. The second kappa shape index (κ2) is 9.10. The van der Waals surface area contributed by atoms with Crippen LogP contribution in [-0.4, -0.2) is 33.6 Å². The molecule has 0 fully saturated rings. The van der Waals surface area contributed by atoms with Crippen molar-refractivity contribution in [2.24, 2.45) is 0 Å². The first-order valence-corrected chi connectivity index (χ1v) is 11.8. The third kappa shape index (κ3) is 4.37. The SMILES string of the molecule is CCOc1ccccc1NC(=O)C1CN(S(=O)(=O)c2ccccc2)c2cc(Cl)ccc2O1. The van der Waals surface area contributed by atoms with Gasteiger partial charge in [0.05, 0.1) is 29.4 Å². The number of amides is 1. The van der Waals surface area contributed by atoms with Gasteiger partial charge in [0.25, 0.3) is 15.9 Å². The number of ether oxygens (including phenoxy) is 2. The molecule has 0 spiro atoms. The molecule has 9 heteroatoms. The average Bonchev–Trinajstić information content (AvgIpc) is 2.80. The molecule has 0 aliphatic carbocycles. The maximum atomic E-state index is 13.4. The lowest BCUT2D eigenvalue weighted by Crippen LogP contribution is -2.48. The summed E-state index contributed by atoms with van der Waals surface area (Å²) in [6.07, 6.45) is -1.09. The second-order valence-electron chi connectivity index (χ2n) is 6.99. The fraction of sp³-hybridized carbons (Fsp3) is 0.174. The fourth-order valence-electron chi connectivity index (χ4n) is 3.37. The number of fused-ring (bicyclic) bond motifs is 1. The van der Waals surface area contributed by atoms with E-state index in [4.69, 9.17) is 21.1 Å². The minimum absolute atomic E-state index is 0.105. The Kier molecular flexibility index (Phi) is 6.25. The van der Waals surface area contributed by atoms with Crippen LogP contribution in [0.5, 0.6) is 11.5 Å². The lowest BCUT2D eigenvalue weighted by molar-refractivity contribution is -0.122. The van der Waals surface area contributed by atoms with E-state index >= 15 is 0 Å². The van der Waals surface area contributed by atoms with E-state index in [-0.39, 0.29) is 22.9 Å². The van der Waals surface area contributed by atoms with E-state index in [0.29, 0.717) is 23.1 Å². The molecule has 0 bridgehead atoms. The third-order valence-corrected chi connectivity index (χ3v) is 6.89. The predicted molar refractivity (Wildman–Crippen MR) is 123 cm³/mol. The fourth-order valence-corrected chi connectivity index (χ4v) is 5.03. The molecule has 0 radical (unpaired) electrons. The highest BCUT2D eigenvalue weighted by Gasteiger charge is 2.38. The van der Waals surface area contributed by atoms with Crippen LogP contribution in [0.3, 0.4) is 0 Å². The molecule has 1 unspecified atom stereocenters. The molecular weight excluding hydrogens is 452 g/mol. The molecule has 3 aromatic carbocycles. The van der Waals surface area contributed by atoms with Crippen molar-refractivity contribution in [1.29, 1.82) is 0 Å². The summed E-state index contributed by atoms with van der Waals surface area (Å²) in [5.41, 5.74) is 0.752. The van der Waals surface area contributed by atoms with E-state index in [1.165, 1.54) is 18.2 Å². The maximum Gasteiger partial charge on any atom is 0.267 e. The van der Waals surface area contributed by atoms with Gasteiger partial charge in [0.2, 0.25) is 0 Å². The Hall–Kier alpha value is -3.23. The normalized spacial score (nSPS) is 15.4. The lowest BCUT2D eigenvalue weighted by atomic mass is 10.2. The molecule has 1 heterocycles. The van der Waals surface area contributed by atoms with Crippen LogP contribution in [-0.2, 0) is 14.8 Å². The highest BCUT2D eigenvalue weighted by molar-refractivity contribution is 7.92. The van der Waals surface area contributed by atoms with Crippen molar-refractivity contribution in [3.8, 4) is 11.5 Å². The van der Waals surface area contributed by atoms with Crippen molar-refractivity contribution >= 4 is 38.9 Å². The number of hydrogen-bond donors (Lipinski definition) is 1. The predicted octanol–water partition coefficient (Wildman–Crippen LogP) is 4.33. The van der Waals surface area contributed by atoms with Gasteiger partial charge in [-0.05, 0) is 49.4 Å². The van der Waals surface area contributed by atoms with E-state index < -0.39 is 22.0 Å². The molecule has 3 aromatic rings. The molecule has 4 rings (SSSR count). The highest BCUT2D eigenvalue weighted by atomic mass is 35.5. The van der Waals surface area contributed by atoms with Gasteiger partial charge in [0.15, 0.2) is 6.10 Å². The van der Waals surface area contributed by atoms with Gasteiger partial charge in [-0.25, -0.2) is 8.42 Å². The zero-order chi connectivity index (χ0) is 22.7. The zero-order valence-electron chi connectivity index (χ0n) is 17.2. The van der Waals surface area contributed by atoms with Crippen LogP contribution in [0.4, 0.5) is 11.4 Å². The molecule has 0 aromatic heterocycles. The van der Waals surface area contributed by atoms with E-state index in [1.54, 1.807) is 54.6 Å². The molecule has 1 N–H and O–H groups in total. The van der Waals surface area contributed by atoms with Gasteiger partial charge >= 0.3 is 0 Å². The summed E-state index contributed by atoms with van der Waals surface area (Å²) in [7, 11) is -3.96. The largest absolute Gasteiger partial charge is 0.492 e. The van der Waals surface area contributed by atoms with Gasteiger partial charge in [0.1, 0.15) is 11.5 Å². The van der Waals surface area contributed by atoms with E-state index in [1.807, 2.05) is 6.92 Å². The van der Waals surface area contributed by atoms with Gasteiger partial charge < -0.3 is 14.8 Å². The summed E-state index contributed by atoms with van der Waals surface area (Å²) in [4.78, 5) is 13.2. The minimum atomic E-state index is -3.96. The van der Waals surface area contributed by atoms with Gasteiger partial charge in [-0.15, -0.1) is 0 Å². The molecule has 0 saturated heterocycles. The van der Waals surface area contributed by atoms with Crippen LogP contribution in [0, 0.1) is 0 Å².